The first kappa shape index (κ1) is 10.5. The average molecular weight is 152 g/mol. The fourth-order valence-corrected chi connectivity index (χ4v) is 1.13. The molecule has 0 aliphatic heterocycles. The van der Waals surface area contributed by atoms with E-state index in [4.69, 9.17) is 0 Å². The van der Waals surface area contributed by atoms with Crippen LogP contribution in [-0.4, -0.2) is 0 Å². The van der Waals surface area contributed by atoms with Crippen LogP contribution >= 0.6 is 0 Å². The second-order valence-corrected chi connectivity index (χ2v) is 3.24. The zero-order chi connectivity index (χ0) is 8.85. The molecule has 0 heterocycles. The lowest BCUT2D eigenvalue weighted by Gasteiger charge is -2.12. The Kier molecular flexibility index (Phi) is 4.93. The van der Waals surface area contributed by atoms with Crippen molar-refractivity contribution in [3.05, 3.63) is 23.8 Å². The van der Waals surface area contributed by atoms with E-state index >= 15 is 0 Å². The Bertz CT molecular complexity index is 151. The first-order valence-electron chi connectivity index (χ1n) is 4.40. The minimum Gasteiger partial charge on any atom is -0.103 e. The van der Waals surface area contributed by atoms with Crippen molar-refractivity contribution in [1.82, 2.24) is 0 Å². The van der Waals surface area contributed by atoms with E-state index in [1.807, 2.05) is 6.08 Å². The highest BCUT2D eigenvalue weighted by Gasteiger charge is 2.03. The Morgan fingerprint density at radius 1 is 1.45 bits per heavy atom. The predicted octanol–water partition coefficient (Wildman–Crippen LogP) is 3.95. The predicted molar refractivity (Wildman–Crippen MR) is 52.6 cm³/mol. The van der Waals surface area contributed by atoms with Crippen LogP contribution in [0.1, 0.15) is 40.5 Å². The third kappa shape index (κ3) is 3.41. The molecule has 0 aromatic rings. The van der Waals surface area contributed by atoms with Crippen molar-refractivity contribution in [1.29, 1.82) is 0 Å². The summed E-state index contributed by atoms with van der Waals surface area (Å²) < 4.78 is 0. The van der Waals surface area contributed by atoms with Gasteiger partial charge in [0.15, 0.2) is 0 Å². The van der Waals surface area contributed by atoms with Crippen molar-refractivity contribution in [3.63, 3.8) is 0 Å². The van der Waals surface area contributed by atoms with Crippen molar-refractivity contribution in [3.8, 4) is 0 Å². The van der Waals surface area contributed by atoms with Crippen molar-refractivity contribution >= 4 is 0 Å². The highest BCUT2D eigenvalue weighted by molar-refractivity contribution is 5.12. The van der Waals surface area contributed by atoms with Crippen LogP contribution in [0, 0.1) is 5.92 Å². The fraction of sp³-hybridized carbons (Fsp3) is 0.636. The van der Waals surface area contributed by atoms with Crippen molar-refractivity contribution in [2.24, 2.45) is 5.92 Å². The summed E-state index contributed by atoms with van der Waals surface area (Å²) in [6.07, 6.45) is 4.27. The van der Waals surface area contributed by atoms with Crippen LogP contribution < -0.4 is 0 Å². The Morgan fingerprint density at radius 2 is 2.00 bits per heavy atom. The van der Waals surface area contributed by atoms with Crippen LogP contribution in [0.3, 0.4) is 0 Å². The minimum absolute atomic E-state index is 0.674. The monoisotopic (exact) mass is 152 g/mol. The van der Waals surface area contributed by atoms with Gasteiger partial charge in [0.2, 0.25) is 0 Å². The van der Waals surface area contributed by atoms with Crippen molar-refractivity contribution < 1.29 is 0 Å². The molecule has 0 saturated heterocycles. The molecule has 0 fully saturated rings. The number of rotatable bonds is 4. The van der Waals surface area contributed by atoms with Crippen LogP contribution in [-0.2, 0) is 0 Å². The van der Waals surface area contributed by atoms with E-state index in [-0.39, 0.29) is 0 Å². The van der Waals surface area contributed by atoms with Crippen molar-refractivity contribution in [2.75, 3.05) is 0 Å². The summed E-state index contributed by atoms with van der Waals surface area (Å²) in [4.78, 5) is 0. The van der Waals surface area contributed by atoms with E-state index in [9.17, 15) is 0 Å². The highest BCUT2D eigenvalue weighted by atomic mass is 14.1. The fourth-order valence-electron chi connectivity index (χ4n) is 1.13. The normalized spacial score (nSPS) is 15.6. The smallest absolute Gasteiger partial charge is 0.0197 e. The topological polar surface area (TPSA) is 0 Å². The summed E-state index contributed by atoms with van der Waals surface area (Å²) in [7, 11) is 0. The lowest BCUT2D eigenvalue weighted by molar-refractivity contribution is 0.681. The summed E-state index contributed by atoms with van der Waals surface area (Å²) in [5, 5.41) is 0. The number of hydrogen-bond acceptors (Lipinski definition) is 0. The van der Waals surface area contributed by atoms with Gasteiger partial charge in [-0.2, -0.15) is 0 Å². The average Bonchev–Trinajstić information content (AvgIpc) is 2.02. The van der Waals surface area contributed by atoms with E-state index in [0.717, 1.165) is 6.42 Å². The van der Waals surface area contributed by atoms with Crippen LogP contribution in [0.25, 0.3) is 0 Å². The molecule has 0 aromatic carbocycles. The van der Waals surface area contributed by atoms with Crippen LogP contribution in [0.15, 0.2) is 23.8 Å². The largest absolute Gasteiger partial charge is 0.103 e. The van der Waals surface area contributed by atoms with Gasteiger partial charge in [-0.3, -0.25) is 0 Å². The van der Waals surface area contributed by atoms with Gasteiger partial charge in [-0.15, -0.1) is 6.58 Å². The summed E-state index contributed by atoms with van der Waals surface area (Å²) in [6, 6.07) is 0. The zero-order valence-electron chi connectivity index (χ0n) is 8.28. The minimum atomic E-state index is 0.674. The third-order valence-electron chi connectivity index (χ3n) is 2.46. The molecule has 0 aromatic heterocycles. The van der Waals surface area contributed by atoms with Crippen LogP contribution in [0.5, 0.6) is 0 Å². The van der Waals surface area contributed by atoms with Gasteiger partial charge in [-0.05, 0) is 32.6 Å². The molecule has 1 unspecified atom stereocenters. The van der Waals surface area contributed by atoms with Gasteiger partial charge in [0.25, 0.3) is 0 Å². The highest BCUT2D eigenvalue weighted by Crippen LogP contribution is 2.19. The number of hydrogen-bond donors (Lipinski definition) is 0. The summed E-state index contributed by atoms with van der Waals surface area (Å²) >= 11 is 0. The van der Waals surface area contributed by atoms with Crippen molar-refractivity contribution in [2.45, 2.75) is 40.5 Å². The van der Waals surface area contributed by atoms with E-state index in [1.54, 1.807) is 0 Å². The summed E-state index contributed by atoms with van der Waals surface area (Å²) in [5.41, 5.74) is 3.06. The maximum absolute atomic E-state index is 3.75. The maximum atomic E-state index is 3.75. The summed E-state index contributed by atoms with van der Waals surface area (Å²) in [6.45, 7) is 12.7. The Hall–Kier alpha value is -0.520. The van der Waals surface area contributed by atoms with Gasteiger partial charge < -0.3 is 0 Å². The Morgan fingerprint density at radius 3 is 2.36 bits per heavy atom. The van der Waals surface area contributed by atoms with Gasteiger partial charge in [0.1, 0.15) is 0 Å². The molecule has 0 aliphatic rings. The molecule has 64 valence electrons. The first-order chi connectivity index (χ1) is 5.13. The molecule has 1 atom stereocenters. The quantitative estimate of drug-likeness (QED) is 0.535. The SMILES string of the molecule is C=CCC(C)/C(C)=C(\C)CC. The molecule has 0 N–H and O–H groups in total. The Labute approximate surface area is 71.0 Å². The Balaban J connectivity index is 4.19. The molecule has 0 aliphatic carbocycles. The molecule has 0 radical (unpaired) electrons. The molecular weight excluding hydrogens is 132 g/mol. The molecule has 0 saturated carbocycles. The van der Waals surface area contributed by atoms with Gasteiger partial charge in [-0.1, -0.05) is 31.1 Å². The molecule has 0 nitrogen and oxygen atoms in total. The lowest BCUT2D eigenvalue weighted by Crippen LogP contribution is -1.96. The second kappa shape index (κ2) is 5.17. The first-order valence-corrected chi connectivity index (χ1v) is 4.40. The van der Waals surface area contributed by atoms with Crippen LogP contribution in [0.4, 0.5) is 0 Å². The van der Waals surface area contributed by atoms with Gasteiger partial charge >= 0.3 is 0 Å². The zero-order valence-corrected chi connectivity index (χ0v) is 8.28. The lowest BCUT2D eigenvalue weighted by atomic mass is 9.94. The van der Waals surface area contributed by atoms with Crippen LogP contribution in [0.2, 0.25) is 0 Å². The van der Waals surface area contributed by atoms with E-state index in [2.05, 4.69) is 34.3 Å². The molecule has 0 amide bonds. The molecular formula is C11H20. The number of allylic oxidation sites excluding steroid dienone is 3. The van der Waals surface area contributed by atoms with Gasteiger partial charge in [0, 0.05) is 0 Å². The maximum Gasteiger partial charge on any atom is -0.0197 e. The van der Waals surface area contributed by atoms with Gasteiger partial charge in [-0.25, -0.2) is 0 Å². The third-order valence-corrected chi connectivity index (χ3v) is 2.46. The standard InChI is InChI=1S/C11H20/c1-6-8-10(4)11(5)9(3)7-2/h6,10H,1,7-8H2,2-5H3/b11-9+. The second-order valence-electron chi connectivity index (χ2n) is 3.24. The molecule has 0 spiro atoms. The molecule has 0 heteroatoms. The van der Waals surface area contributed by atoms with E-state index in [1.165, 1.54) is 17.6 Å². The molecule has 0 rings (SSSR count). The molecule has 0 bridgehead atoms. The molecule has 11 heavy (non-hydrogen) atoms. The summed E-state index contributed by atoms with van der Waals surface area (Å²) in [5.74, 6) is 0.674. The van der Waals surface area contributed by atoms with E-state index in [0.29, 0.717) is 5.92 Å². The van der Waals surface area contributed by atoms with Gasteiger partial charge in [0.05, 0.1) is 0 Å². The van der Waals surface area contributed by atoms with E-state index < -0.39 is 0 Å².